The zero-order valence-electron chi connectivity index (χ0n) is 13.6. The molecule has 0 bridgehead atoms. The number of carbonyl (C=O) groups is 2. The number of hydrogen-bond acceptors (Lipinski definition) is 4. The van der Waals surface area contributed by atoms with Gasteiger partial charge < -0.3 is 10.6 Å². The molecule has 1 aromatic carbocycles. The second-order valence-corrected chi connectivity index (χ2v) is 5.92. The monoisotopic (exact) mass is 303 g/mol. The number of likely N-dealkylation sites (N-methyl/N-ethyl adjacent to an activating group) is 1. The molecule has 2 unspecified atom stereocenters. The van der Waals surface area contributed by atoms with Gasteiger partial charge in [0.05, 0.1) is 6.04 Å². The number of hydrogen-bond donors (Lipinski definition) is 2. The van der Waals surface area contributed by atoms with Gasteiger partial charge in [0.15, 0.2) is 5.78 Å². The number of carbonyl (C=O) groups excluding carboxylic acids is 2. The number of Topliss-reactive ketones (excluding diaryl/α,β-unsaturated/α-hetero) is 1. The Kier molecular flexibility index (Phi) is 5.69. The number of rotatable bonds is 5. The predicted molar refractivity (Wildman–Crippen MR) is 88.2 cm³/mol. The van der Waals surface area contributed by atoms with Crippen LogP contribution in [-0.4, -0.2) is 48.8 Å². The van der Waals surface area contributed by atoms with E-state index in [4.69, 9.17) is 0 Å². The molecule has 5 heteroatoms. The minimum Gasteiger partial charge on any atom is -0.325 e. The van der Waals surface area contributed by atoms with Gasteiger partial charge in [-0.1, -0.05) is 12.1 Å². The molecule has 0 radical (unpaired) electrons. The van der Waals surface area contributed by atoms with Crippen LogP contribution in [0, 0.1) is 0 Å². The number of ketones is 1. The third kappa shape index (κ3) is 4.15. The average Bonchev–Trinajstić information content (AvgIpc) is 2.54. The molecule has 2 N–H and O–H groups in total. The summed E-state index contributed by atoms with van der Waals surface area (Å²) in [6, 6.07) is 7.34. The Hall–Kier alpha value is -1.72. The predicted octanol–water partition coefficient (Wildman–Crippen LogP) is 1.90. The van der Waals surface area contributed by atoms with Crippen LogP contribution in [0.1, 0.15) is 37.0 Å². The SMILES string of the molecule is CNC1CCCN(C(C)C(=O)Nc2cccc(C(C)=O)c2)C1. The molecule has 2 atom stereocenters. The minimum atomic E-state index is -0.183. The molecule has 1 fully saturated rings. The molecule has 1 amide bonds. The van der Waals surface area contributed by atoms with Gasteiger partial charge in [-0.25, -0.2) is 0 Å². The van der Waals surface area contributed by atoms with Gasteiger partial charge in [0.1, 0.15) is 0 Å². The van der Waals surface area contributed by atoms with Crippen molar-refractivity contribution in [1.29, 1.82) is 0 Å². The van der Waals surface area contributed by atoms with Crippen LogP contribution in [0.2, 0.25) is 0 Å². The molecular weight excluding hydrogens is 278 g/mol. The van der Waals surface area contributed by atoms with Gasteiger partial charge in [-0.2, -0.15) is 0 Å². The lowest BCUT2D eigenvalue weighted by molar-refractivity contribution is -0.121. The van der Waals surface area contributed by atoms with E-state index in [-0.39, 0.29) is 17.7 Å². The Bertz CT molecular complexity index is 544. The Morgan fingerprint density at radius 2 is 2.14 bits per heavy atom. The summed E-state index contributed by atoms with van der Waals surface area (Å²) in [5.74, 6) is -0.0329. The fourth-order valence-electron chi connectivity index (χ4n) is 2.82. The molecule has 1 aliphatic rings. The van der Waals surface area contributed by atoms with Crippen molar-refractivity contribution >= 4 is 17.4 Å². The van der Waals surface area contributed by atoms with E-state index in [1.54, 1.807) is 18.2 Å². The van der Waals surface area contributed by atoms with Crippen LogP contribution < -0.4 is 10.6 Å². The molecule has 0 spiro atoms. The fourth-order valence-corrected chi connectivity index (χ4v) is 2.82. The molecule has 22 heavy (non-hydrogen) atoms. The molecule has 120 valence electrons. The van der Waals surface area contributed by atoms with Crippen LogP contribution in [-0.2, 0) is 4.79 Å². The molecule has 1 aliphatic heterocycles. The highest BCUT2D eigenvalue weighted by Gasteiger charge is 2.26. The van der Waals surface area contributed by atoms with Gasteiger partial charge >= 0.3 is 0 Å². The highest BCUT2D eigenvalue weighted by Crippen LogP contribution is 2.16. The maximum atomic E-state index is 12.4. The topological polar surface area (TPSA) is 61.4 Å². The van der Waals surface area contributed by atoms with Crippen molar-refractivity contribution in [3.8, 4) is 0 Å². The Balaban J connectivity index is 1.99. The molecule has 1 heterocycles. The molecule has 0 aliphatic carbocycles. The number of nitrogens with one attached hydrogen (secondary N) is 2. The maximum absolute atomic E-state index is 12.4. The zero-order valence-corrected chi connectivity index (χ0v) is 13.6. The van der Waals surface area contributed by atoms with Crippen molar-refractivity contribution in [2.45, 2.75) is 38.8 Å². The van der Waals surface area contributed by atoms with Crippen molar-refractivity contribution in [3.63, 3.8) is 0 Å². The zero-order chi connectivity index (χ0) is 16.1. The molecule has 1 aromatic rings. The third-order valence-corrected chi connectivity index (χ3v) is 4.32. The first kappa shape index (κ1) is 16.6. The largest absolute Gasteiger partial charge is 0.325 e. The lowest BCUT2D eigenvalue weighted by atomic mass is 10.0. The van der Waals surface area contributed by atoms with Crippen molar-refractivity contribution in [3.05, 3.63) is 29.8 Å². The summed E-state index contributed by atoms with van der Waals surface area (Å²) in [4.78, 5) is 26.0. The van der Waals surface area contributed by atoms with Gasteiger partial charge in [-0.3, -0.25) is 14.5 Å². The van der Waals surface area contributed by atoms with Crippen LogP contribution in [0.25, 0.3) is 0 Å². The lowest BCUT2D eigenvalue weighted by Crippen LogP contribution is -2.51. The Morgan fingerprint density at radius 1 is 1.36 bits per heavy atom. The summed E-state index contributed by atoms with van der Waals surface area (Å²) >= 11 is 0. The lowest BCUT2D eigenvalue weighted by Gasteiger charge is -2.35. The van der Waals surface area contributed by atoms with Crippen LogP contribution in [0.4, 0.5) is 5.69 Å². The van der Waals surface area contributed by atoms with Crippen LogP contribution >= 0.6 is 0 Å². The van der Waals surface area contributed by atoms with E-state index >= 15 is 0 Å². The summed E-state index contributed by atoms with van der Waals surface area (Å²) in [6.45, 7) is 5.29. The first-order chi connectivity index (χ1) is 10.5. The highest BCUT2D eigenvalue weighted by molar-refractivity contribution is 5.98. The van der Waals surface area contributed by atoms with E-state index in [9.17, 15) is 9.59 Å². The van der Waals surface area contributed by atoms with Gasteiger partial charge in [0.25, 0.3) is 0 Å². The quantitative estimate of drug-likeness (QED) is 0.816. The first-order valence-electron chi connectivity index (χ1n) is 7.84. The van der Waals surface area contributed by atoms with E-state index in [1.165, 1.54) is 6.92 Å². The minimum absolute atomic E-state index is 0.00274. The average molecular weight is 303 g/mol. The summed E-state index contributed by atoms with van der Waals surface area (Å²) in [6.07, 6.45) is 2.25. The Morgan fingerprint density at radius 3 is 2.82 bits per heavy atom. The number of amides is 1. The van der Waals surface area contributed by atoms with Crippen LogP contribution in [0.3, 0.4) is 0 Å². The normalized spacial score (nSPS) is 20.4. The summed E-state index contributed by atoms with van der Waals surface area (Å²) in [7, 11) is 1.96. The van der Waals surface area contributed by atoms with Crippen LogP contribution in [0.15, 0.2) is 24.3 Å². The number of benzene rings is 1. The highest BCUT2D eigenvalue weighted by atomic mass is 16.2. The molecule has 2 rings (SSSR count). The first-order valence-corrected chi connectivity index (χ1v) is 7.84. The van der Waals surface area contributed by atoms with Gasteiger partial charge in [-0.15, -0.1) is 0 Å². The maximum Gasteiger partial charge on any atom is 0.241 e. The van der Waals surface area contributed by atoms with Gasteiger partial charge in [-0.05, 0) is 52.4 Å². The summed E-state index contributed by atoms with van der Waals surface area (Å²) in [5.41, 5.74) is 1.28. The van der Waals surface area contributed by atoms with E-state index in [0.717, 1.165) is 25.9 Å². The third-order valence-electron chi connectivity index (χ3n) is 4.32. The standard InChI is InChI=1S/C17H25N3O2/c1-12(20-9-5-8-16(11-20)18-3)17(22)19-15-7-4-6-14(10-15)13(2)21/h4,6-7,10,12,16,18H,5,8-9,11H2,1-3H3,(H,19,22). The molecule has 0 saturated carbocycles. The van der Waals surface area contributed by atoms with E-state index in [1.807, 2.05) is 20.0 Å². The molecule has 0 aromatic heterocycles. The molecule has 1 saturated heterocycles. The van der Waals surface area contributed by atoms with Gasteiger partial charge in [0, 0.05) is 23.8 Å². The van der Waals surface area contributed by atoms with E-state index < -0.39 is 0 Å². The second kappa shape index (κ2) is 7.51. The summed E-state index contributed by atoms with van der Waals surface area (Å²) in [5, 5.41) is 6.20. The van der Waals surface area contributed by atoms with Crippen molar-refractivity contribution in [2.75, 3.05) is 25.5 Å². The number of piperidine rings is 1. The van der Waals surface area contributed by atoms with Crippen LogP contribution in [0.5, 0.6) is 0 Å². The van der Waals surface area contributed by atoms with Gasteiger partial charge in [0.2, 0.25) is 5.91 Å². The second-order valence-electron chi connectivity index (χ2n) is 5.92. The van der Waals surface area contributed by atoms with E-state index in [2.05, 4.69) is 15.5 Å². The number of nitrogens with zero attached hydrogens (tertiary/aromatic N) is 1. The van der Waals surface area contributed by atoms with Crippen molar-refractivity contribution < 1.29 is 9.59 Å². The smallest absolute Gasteiger partial charge is 0.241 e. The number of anilines is 1. The molecule has 5 nitrogen and oxygen atoms in total. The summed E-state index contributed by atoms with van der Waals surface area (Å²) < 4.78 is 0. The van der Waals surface area contributed by atoms with Crippen molar-refractivity contribution in [1.82, 2.24) is 10.2 Å². The number of likely N-dealkylation sites (tertiary alicyclic amines) is 1. The molecular formula is C17H25N3O2. The fraction of sp³-hybridized carbons (Fsp3) is 0.529. The van der Waals surface area contributed by atoms with E-state index in [0.29, 0.717) is 17.3 Å². The van der Waals surface area contributed by atoms with Crippen molar-refractivity contribution in [2.24, 2.45) is 0 Å². The Labute approximate surface area is 132 Å².